The minimum atomic E-state index is -2.37. The summed E-state index contributed by atoms with van der Waals surface area (Å²) in [5.41, 5.74) is 28.6. The number of hydrogen-bond donors (Lipinski definition) is 0. The van der Waals surface area contributed by atoms with Gasteiger partial charge in [-0.3, -0.25) is 29.4 Å². The molecule has 12 aromatic rings. The Morgan fingerprint density at radius 2 is 0.621 bits per heavy atom. The molecule has 24 rings (SSSR count). The van der Waals surface area contributed by atoms with E-state index >= 15 is 0 Å². The van der Waals surface area contributed by atoms with Gasteiger partial charge in [-0.2, -0.15) is 0 Å². The van der Waals surface area contributed by atoms with Crippen molar-refractivity contribution in [2.24, 2.45) is 44.3 Å². The van der Waals surface area contributed by atoms with Crippen LogP contribution >= 0.6 is 62.3 Å². The second-order valence-electron chi connectivity index (χ2n) is 45.1. The van der Waals surface area contributed by atoms with E-state index in [2.05, 4.69) is 350 Å². The summed E-state index contributed by atoms with van der Waals surface area (Å²) in [5, 5.41) is 3.65. The summed E-state index contributed by atoms with van der Waals surface area (Å²) in [6.07, 6.45) is 10.7. The Balaban J connectivity index is 0.000000107. The van der Waals surface area contributed by atoms with Gasteiger partial charge in [0.2, 0.25) is 0 Å². The molecule has 0 bridgehead atoms. The summed E-state index contributed by atoms with van der Waals surface area (Å²) >= 11 is 29.7. The molecule has 0 spiro atoms. The highest BCUT2D eigenvalue weighted by Crippen LogP contribution is 2.60. The van der Waals surface area contributed by atoms with E-state index < -0.39 is 6.43 Å². The number of fused-ring (bicyclic) bond motifs is 18. The lowest BCUT2D eigenvalue weighted by atomic mass is 9.61. The number of methoxy groups -OCH3 is 1. The predicted molar refractivity (Wildman–Crippen MR) is 582 cm³/mol. The van der Waals surface area contributed by atoms with Crippen molar-refractivity contribution in [3.8, 4) is 5.75 Å². The van der Waals surface area contributed by atoms with Crippen molar-refractivity contribution in [2.45, 2.75) is 201 Å². The van der Waals surface area contributed by atoms with Crippen LogP contribution in [0.5, 0.6) is 5.75 Å². The fourth-order valence-corrected chi connectivity index (χ4v) is 29.4. The summed E-state index contributed by atoms with van der Waals surface area (Å²) < 4.78 is 33.1. The van der Waals surface area contributed by atoms with Crippen LogP contribution in [0, 0.1) is 44.3 Å². The van der Waals surface area contributed by atoms with Gasteiger partial charge in [0.25, 0.3) is 6.43 Å². The molecule has 0 radical (unpaired) electrons. The highest BCUT2D eigenvalue weighted by Gasteiger charge is 2.55. The first-order chi connectivity index (χ1) is 67.6. The van der Waals surface area contributed by atoms with Crippen molar-refractivity contribution in [3.63, 3.8) is 0 Å². The molecule has 0 N–H and O–H groups in total. The number of halogens is 7. The van der Waals surface area contributed by atoms with Gasteiger partial charge < -0.3 is 4.74 Å². The van der Waals surface area contributed by atoms with Crippen molar-refractivity contribution in [2.75, 3.05) is 85.6 Å². The number of nitrogens with zero attached hydrogens (tertiary/aromatic N) is 6. The van der Waals surface area contributed by atoms with Gasteiger partial charge in [-0.1, -0.05) is 369 Å². The number of benzene rings is 12. The average Bonchev–Trinajstić information content (AvgIpc) is 1.61. The van der Waals surface area contributed by atoms with Gasteiger partial charge in [-0.25, -0.2) is 8.78 Å². The number of rotatable bonds is 15. The molecule has 6 saturated heterocycles. The highest BCUT2D eigenvalue weighted by atomic mass is 79.9. The van der Waals surface area contributed by atoms with E-state index in [1.54, 1.807) is 24.3 Å². The molecule has 6 heterocycles. The smallest absolute Gasteiger partial charge is 0.264 e. The molecule has 6 fully saturated rings. The minimum absolute atomic E-state index is 0.197. The van der Waals surface area contributed by atoms with E-state index in [0.717, 1.165) is 165 Å². The number of ether oxygens (including phenoxy) is 1. The van der Waals surface area contributed by atoms with E-state index in [1.807, 2.05) is 36.4 Å². The van der Waals surface area contributed by atoms with Crippen molar-refractivity contribution >= 4 is 68.4 Å². The van der Waals surface area contributed by atoms with Crippen LogP contribution in [-0.2, 0) is 77.8 Å². The van der Waals surface area contributed by atoms with E-state index in [0.29, 0.717) is 74.4 Å². The van der Waals surface area contributed by atoms with Gasteiger partial charge in [0, 0.05) is 173 Å². The van der Waals surface area contributed by atoms with Gasteiger partial charge in [0.15, 0.2) is 0 Å². The molecule has 6 aliphatic carbocycles. The quantitative estimate of drug-likeness (QED) is 0.101. The maximum absolute atomic E-state index is 13.3. The lowest BCUT2D eigenvalue weighted by Crippen LogP contribution is -2.38. The van der Waals surface area contributed by atoms with Crippen molar-refractivity contribution < 1.29 is 13.5 Å². The molecule has 730 valence electrons. The Kier molecular flexibility index (Phi) is 30.5. The van der Waals surface area contributed by atoms with Crippen LogP contribution in [0.15, 0.2) is 290 Å². The topological polar surface area (TPSA) is 28.7 Å². The third-order valence-electron chi connectivity index (χ3n) is 35.8. The van der Waals surface area contributed by atoms with E-state index in [9.17, 15) is 8.78 Å². The van der Waals surface area contributed by atoms with E-state index in [-0.39, 0.29) is 11.0 Å². The van der Waals surface area contributed by atoms with Gasteiger partial charge in [-0.15, -0.1) is 0 Å². The fourth-order valence-electron chi connectivity index (χ4n) is 27.9. The van der Waals surface area contributed by atoms with Crippen molar-refractivity contribution in [1.82, 2.24) is 29.4 Å². The summed E-state index contributed by atoms with van der Waals surface area (Å²) in [7, 11) is 1.69. The highest BCUT2D eigenvalue weighted by molar-refractivity contribution is 9.10. The standard InChI is InChI=1S/C22H25N.C21H24ClNO.2C21H24ClN.C21H23F2N.C20H21BrClN/c1-3-18-10-7-11-20-19(18)12-13-22(2)16-23(15-21(20)22)14-17-8-5-4-6-9-17;1-21-11-10-17-16(8-9-19(24-2)20(17)22)18(21)13-23(14-21)12-15-6-4-3-5-7-15;2*1-15-11-18-17(9-6-10-20(18)22)19-13-23(14-21(15,19)2)12-16-7-4-3-5-8-16;1-21-11-10-16-17(8-5-9-18(16)20(22)23)19(21)13-24(14-21)12-15-6-3-2-4-7-15;1-20-10-9-16-15(7-8-18(21)19(16)22)17(20)12-23(13-20)11-14-5-3-2-4-6-14/h3-11,21H,1,12-16H2,2H3;3-9,18H,10-14H2,1-2H3;2*3-10,15,19H,11-14H2,1-2H3;2-9,19-20H,10-14H2,1H3;2-8,17H,9-13H2,1H3/t21-,22-;18-,21-;15-,19+,21+;15-,19-,21+;19-,21-;17-,20+/m000001/s1. The molecule has 14 heteroatoms. The summed E-state index contributed by atoms with van der Waals surface area (Å²) in [5.74, 6) is 5.53. The third-order valence-corrected chi connectivity index (χ3v) is 38.3. The lowest BCUT2D eigenvalue weighted by Gasteiger charge is -2.42. The number of alkyl halides is 2. The normalized spacial score (nSPS) is 27.6. The summed E-state index contributed by atoms with van der Waals surface area (Å²) in [6, 6.07) is 98.6. The van der Waals surface area contributed by atoms with Gasteiger partial charge >= 0.3 is 0 Å². The Bertz CT molecular complexity index is 6200. The van der Waals surface area contributed by atoms with Crippen molar-refractivity contribution in [3.05, 3.63) is 421 Å². The minimum Gasteiger partial charge on any atom is -0.495 e. The fraction of sp³-hybridized carbons (Fsp3) is 0.413. The van der Waals surface area contributed by atoms with Crippen LogP contribution in [-0.4, -0.2) is 115 Å². The van der Waals surface area contributed by atoms with E-state index in [4.69, 9.17) is 51.1 Å². The molecule has 0 saturated carbocycles. The maximum atomic E-state index is 13.3. The van der Waals surface area contributed by atoms with Gasteiger partial charge in [-0.05, 0) is 254 Å². The van der Waals surface area contributed by atoms with Crippen LogP contribution in [0.25, 0.3) is 6.08 Å². The zero-order valence-corrected chi connectivity index (χ0v) is 88.2. The molecule has 12 aromatic carbocycles. The van der Waals surface area contributed by atoms with E-state index in [1.165, 1.54) is 142 Å². The molecule has 12 aliphatic rings. The van der Waals surface area contributed by atoms with Crippen molar-refractivity contribution in [1.29, 1.82) is 0 Å². The number of likely N-dealkylation sites (tertiary alicyclic amines) is 6. The Hall–Kier alpha value is -8.56. The van der Waals surface area contributed by atoms with Crippen LogP contribution < -0.4 is 4.74 Å². The molecule has 0 amide bonds. The monoisotopic (exact) mass is 2010 g/mol. The molecular weight excluding hydrogens is 1870 g/mol. The zero-order chi connectivity index (χ0) is 97.4. The average molecular weight is 2020 g/mol. The summed E-state index contributed by atoms with van der Waals surface area (Å²) in [4.78, 5) is 15.6. The molecule has 140 heavy (non-hydrogen) atoms. The predicted octanol–water partition coefficient (Wildman–Crippen LogP) is 30.9. The second-order valence-corrected chi connectivity index (χ2v) is 47.5. The number of hydrogen-bond acceptors (Lipinski definition) is 7. The second kappa shape index (κ2) is 42.6. The summed E-state index contributed by atoms with van der Waals surface area (Å²) in [6.45, 7) is 43.4. The third kappa shape index (κ3) is 20.9. The zero-order valence-electron chi connectivity index (χ0n) is 83.6. The molecule has 7 nitrogen and oxygen atoms in total. The molecule has 0 aromatic heterocycles. The maximum Gasteiger partial charge on any atom is 0.264 e. The molecular formula is C126H141BrCl4F2N6O. The van der Waals surface area contributed by atoms with Crippen LogP contribution in [0.3, 0.4) is 0 Å². The first-order valence-corrected chi connectivity index (χ1v) is 54.0. The molecule has 14 atom stereocenters. The lowest BCUT2D eigenvalue weighted by molar-refractivity contribution is 0.148. The molecule has 6 aliphatic heterocycles. The Labute approximate surface area is 862 Å². The Morgan fingerprint density at radius 3 is 0.964 bits per heavy atom. The van der Waals surface area contributed by atoms with Gasteiger partial charge in [0.1, 0.15) is 5.75 Å². The first kappa shape index (κ1) is 100. The van der Waals surface area contributed by atoms with Gasteiger partial charge in [0.05, 0.1) is 17.2 Å². The van der Waals surface area contributed by atoms with Crippen LogP contribution in [0.2, 0.25) is 20.1 Å². The SMILES string of the molecule is C=Cc1cccc2c1CC[C@@]1(C)CN(Cc3ccccc3)C[C@@H]21.COc1ccc2c(c1Cl)CC[C@@]1(C)CN(Cc3ccccc3)C[C@@H]21.C[C@@]12CCc3c(C(F)F)cccc3[C@@H]1CN(Cc1ccccc1)C2.C[C@@]12CCc3c(ccc(Br)c3Cl)[C@H]1CN(Cc1ccccc1)C2.C[C@H]1Cc2c(Cl)cccc2[C@@H]2CN(Cc3ccccc3)C[C@]12C.C[C@H]1Cc2c(Cl)cccc2[C@H]2CN(Cc3ccccc3)C[C@@]21C. The van der Waals surface area contributed by atoms with Crippen LogP contribution in [0.4, 0.5) is 8.78 Å². The Morgan fingerprint density at radius 1 is 0.336 bits per heavy atom. The first-order valence-electron chi connectivity index (χ1n) is 51.7. The molecule has 0 unspecified atom stereocenters. The van der Waals surface area contributed by atoms with Crippen LogP contribution in [0.1, 0.15) is 234 Å². The largest absolute Gasteiger partial charge is 0.495 e.